The van der Waals surface area contributed by atoms with Crippen LogP contribution in [0.15, 0.2) is 24.3 Å². The second-order valence-corrected chi connectivity index (χ2v) is 5.30. The third-order valence-electron chi connectivity index (χ3n) is 3.49. The van der Waals surface area contributed by atoms with Crippen molar-refractivity contribution in [3.8, 4) is 0 Å². The van der Waals surface area contributed by atoms with Crippen LogP contribution in [0.25, 0.3) is 0 Å². The number of carbonyl (C=O) groups excluding carboxylic acids is 2. The molecule has 1 aromatic rings. The van der Waals surface area contributed by atoms with Crippen molar-refractivity contribution >= 4 is 17.5 Å². The topological polar surface area (TPSA) is 84.2 Å². The van der Waals surface area contributed by atoms with Crippen molar-refractivity contribution in [3.05, 3.63) is 29.8 Å². The number of anilines is 1. The van der Waals surface area contributed by atoms with E-state index < -0.39 is 0 Å². The third kappa shape index (κ3) is 4.66. The number of piperidine rings is 1. The highest BCUT2D eigenvalue weighted by Gasteiger charge is 2.16. The van der Waals surface area contributed by atoms with E-state index in [-0.39, 0.29) is 18.2 Å². The van der Waals surface area contributed by atoms with Crippen LogP contribution in [0.5, 0.6) is 0 Å². The molecule has 0 radical (unpaired) electrons. The molecule has 0 aliphatic carbocycles. The Labute approximate surface area is 118 Å². The van der Waals surface area contributed by atoms with E-state index in [9.17, 15) is 9.59 Å². The Morgan fingerprint density at radius 2 is 2.05 bits per heavy atom. The number of carbonyl (C=O) groups is 2. The van der Waals surface area contributed by atoms with Gasteiger partial charge in [-0.1, -0.05) is 12.1 Å². The maximum absolute atomic E-state index is 11.9. The zero-order valence-corrected chi connectivity index (χ0v) is 11.5. The van der Waals surface area contributed by atoms with E-state index >= 15 is 0 Å². The zero-order chi connectivity index (χ0) is 14.4. The van der Waals surface area contributed by atoms with Crippen LogP contribution in [0.4, 0.5) is 5.69 Å². The van der Waals surface area contributed by atoms with Gasteiger partial charge in [0.2, 0.25) is 11.8 Å². The van der Waals surface area contributed by atoms with E-state index in [4.69, 9.17) is 5.73 Å². The number of rotatable bonds is 5. The van der Waals surface area contributed by atoms with Crippen LogP contribution in [0.3, 0.4) is 0 Å². The van der Waals surface area contributed by atoms with Gasteiger partial charge in [0.05, 0.1) is 6.42 Å². The molecule has 5 heteroatoms. The molecule has 20 heavy (non-hydrogen) atoms. The lowest BCUT2D eigenvalue weighted by Gasteiger charge is -2.22. The van der Waals surface area contributed by atoms with Crippen LogP contribution in [0.2, 0.25) is 0 Å². The van der Waals surface area contributed by atoms with Gasteiger partial charge in [0, 0.05) is 12.1 Å². The van der Waals surface area contributed by atoms with E-state index in [1.54, 1.807) is 12.1 Å². The van der Waals surface area contributed by atoms with Gasteiger partial charge in [-0.2, -0.15) is 0 Å². The summed E-state index contributed by atoms with van der Waals surface area (Å²) in [5, 5.41) is 6.19. The predicted octanol–water partition coefficient (Wildman–Crippen LogP) is 1.04. The molecule has 0 aromatic heterocycles. The molecule has 1 fully saturated rings. The van der Waals surface area contributed by atoms with Gasteiger partial charge >= 0.3 is 0 Å². The molecule has 2 rings (SSSR count). The van der Waals surface area contributed by atoms with Gasteiger partial charge in [0.1, 0.15) is 0 Å². The third-order valence-corrected chi connectivity index (χ3v) is 3.49. The quantitative estimate of drug-likeness (QED) is 0.750. The molecule has 1 atom stereocenters. The maximum atomic E-state index is 11.9. The highest BCUT2D eigenvalue weighted by molar-refractivity contribution is 5.90. The number of amides is 2. The van der Waals surface area contributed by atoms with E-state index in [0.717, 1.165) is 37.2 Å². The number of nitrogens with two attached hydrogens (primary N) is 1. The van der Waals surface area contributed by atoms with Crippen molar-refractivity contribution in [2.24, 2.45) is 11.7 Å². The number of nitrogens with one attached hydrogen (secondary N) is 2. The van der Waals surface area contributed by atoms with Crippen molar-refractivity contribution < 1.29 is 9.59 Å². The molecule has 1 aliphatic rings. The van der Waals surface area contributed by atoms with Crippen molar-refractivity contribution in [1.82, 2.24) is 5.32 Å². The lowest BCUT2D eigenvalue weighted by molar-refractivity contribution is -0.118. The molecular weight excluding hydrogens is 254 g/mol. The molecule has 108 valence electrons. The van der Waals surface area contributed by atoms with Crippen molar-refractivity contribution in [2.45, 2.75) is 25.7 Å². The number of hydrogen-bond donors (Lipinski definition) is 3. The molecule has 2 amide bonds. The summed E-state index contributed by atoms with van der Waals surface area (Å²) in [4.78, 5) is 22.7. The fourth-order valence-corrected chi connectivity index (χ4v) is 2.48. The Bertz CT molecular complexity index is 465. The molecule has 1 aliphatic heterocycles. The number of hydrogen-bond acceptors (Lipinski definition) is 3. The Morgan fingerprint density at radius 3 is 2.65 bits per heavy atom. The van der Waals surface area contributed by atoms with E-state index in [2.05, 4.69) is 10.6 Å². The fourth-order valence-electron chi connectivity index (χ4n) is 2.48. The van der Waals surface area contributed by atoms with Crippen LogP contribution in [-0.2, 0) is 16.0 Å². The summed E-state index contributed by atoms with van der Waals surface area (Å²) in [6, 6.07) is 7.22. The van der Waals surface area contributed by atoms with Crippen molar-refractivity contribution in [3.63, 3.8) is 0 Å². The molecule has 1 saturated heterocycles. The molecule has 5 nitrogen and oxygen atoms in total. The van der Waals surface area contributed by atoms with Gasteiger partial charge in [-0.15, -0.1) is 0 Å². The Morgan fingerprint density at radius 1 is 1.30 bits per heavy atom. The second kappa shape index (κ2) is 7.05. The van der Waals surface area contributed by atoms with E-state index in [1.807, 2.05) is 12.1 Å². The Kier molecular flexibility index (Phi) is 5.12. The van der Waals surface area contributed by atoms with Crippen molar-refractivity contribution in [2.75, 3.05) is 18.4 Å². The van der Waals surface area contributed by atoms with Crippen LogP contribution < -0.4 is 16.4 Å². The summed E-state index contributed by atoms with van der Waals surface area (Å²) in [7, 11) is 0. The minimum atomic E-state index is -0.355. The van der Waals surface area contributed by atoms with Gasteiger partial charge in [0.15, 0.2) is 0 Å². The van der Waals surface area contributed by atoms with Crippen LogP contribution in [0, 0.1) is 5.92 Å². The highest BCUT2D eigenvalue weighted by Crippen LogP contribution is 2.16. The smallest absolute Gasteiger partial charge is 0.224 e. The predicted molar refractivity (Wildman–Crippen MR) is 78.2 cm³/mol. The first-order chi connectivity index (χ1) is 9.63. The minimum absolute atomic E-state index is 0.0429. The normalized spacial score (nSPS) is 18.5. The van der Waals surface area contributed by atoms with Gasteiger partial charge in [-0.3, -0.25) is 9.59 Å². The SMILES string of the molecule is NC(=O)Cc1ccc(NC(=O)CC2CCCNC2)cc1. The van der Waals surface area contributed by atoms with Gasteiger partial charge in [0.25, 0.3) is 0 Å². The molecule has 0 bridgehead atoms. The zero-order valence-electron chi connectivity index (χ0n) is 11.5. The first-order valence-corrected chi connectivity index (χ1v) is 7.01. The largest absolute Gasteiger partial charge is 0.369 e. The summed E-state index contributed by atoms with van der Waals surface area (Å²) in [6.45, 7) is 1.98. The second-order valence-electron chi connectivity index (χ2n) is 5.30. The first kappa shape index (κ1) is 14.5. The molecule has 1 heterocycles. The fraction of sp³-hybridized carbons (Fsp3) is 0.467. The molecule has 4 N–H and O–H groups in total. The molecule has 0 saturated carbocycles. The van der Waals surface area contributed by atoms with E-state index in [0.29, 0.717) is 12.3 Å². The summed E-state index contributed by atoms with van der Waals surface area (Å²) in [5.74, 6) is 0.117. The molecular formula is C15H21N3O2. The Balaban J connectivity index is 1.82. The number of primary amides is 1. The molecule has 0 spiro atoms. The first-order valence-electron chi connectivity index (χ1n) is 7.01. The summed E-state index contributed by atoms with van der Waals surface area (Å²) < 4.78 is 0. The lowest BCUT2D eigenvalue weighted by atomic mass is 9.96. The number of benzene rings is 1. The average Bonchev–Trinajstić information content (AvgIpc) is 2.41. The van der Waals surface area contributed by atoms with E-state index in [1.165, 1.54) is 0 Å². The Hall–Kier alpha value is -1.88. The highest BCUT2D eigenvalue weighted by atomic mass is 16.1. The lowest BCUT2D eigenvalue weighted by Crippen LogP contribution is -2.32. The van der Waals surface area contributed by atoms with Crippen LogP contribution in [0.1, 0.15) is 24.8 Å². The van der Waals surface area contributed by atoms with Gasteiger partial charge < -0.3 is 16.4 Å². The molecule has 1 unspecified atom stereocenters. The van der Waals surface area contributed by atoms with Crippen LogP contribution >= 0.6 is 0 Å². The maximum Gasteiger partial charge on any atom is 0.224 e. The van der Waals surface area contributed by atoms with Gasteiger partial charge in [-0.05, 0) is 49.5 Å². The summed E-state index contributed by atoms with van der Waals surface area (Å²) in [5.41, 5.74) is 6.74. The van der Waals surface area contributed by atoms with Gasteiger partial charge in [-0.25, -0.2) is 0 Å². The van der Waals surface area contributed by atoms with Crippen molar-refractivity contribution in [1.29, 1.82) is 0 Å². The monoisotopic (exact) mass is 275 g/mol. The standard InChI is InChI=1S/C15H21N3O2/c16-14(19)8-11-3-5-13(6-4-11)18-15(20)9-12-2-1-7-17-10-12/h3-6,12,17H,1-2,7-10H2,(H2,16,19)(H,18,20). The molecule has 1 aromatic carbocycles. The average molecular weight is 275 g/mol. The minimum Gasteiger partial charge on any atom is -0.369 e. The summed E-state index contributed by atoms with van der Waals surface area (Å²) >= 11 is 0. The summed E-state index contributed by atoms with van der Waals surface area (Å²) in [6.07, 6.45) is 3.02. The van der Waals surface area contributed by atoms with Crippen LogP contribution in [-0.4, -0.2) is 24.9 Å².